The van der Waals surface area contributed by atoms with Crippen LogP contribution in [0.3, 0.4) is 0 Å². The van der Waals surface area contributed by atoms with Crippen molar-refractivity contribution in [3.05, 3.63) is 53.5 Å². The van der Waals surface area contributed by atoms with Crippen LogP contribution in [-0.4, -0.2) is 25.6 Å². The van der Waals surface area contributed by atoms with Crippen molar-refractivity contribution in [1.82, 2.24) is 14.6 Å². The Morgan fingerprint density at radius 1 is 1.12 bits per heavy atom. The number of nitrogens with one attached hydrogen (secondary N) is 1. The fraction of sp³-hybridized carbons (Fsp3) is 0.133. The molecule has 0 atom stereocenters. The van der Waals surface area contributed by atoms with Crippen molar-refractivity contribution in [3.63, 3.8) is 0 Å². The minimum atomic E-state index is -3.09. The second-order valence-electron chi connectivity index (χ2n) is 4.98. The van der Waals surface area contributed by atoms with Crippen LogP contribution in [0.1, 0.15) is 34.7 Å². The molecule has 0 unspecified atom stereocenters. The molecule has 0 saturated carbocycles. The van der Waals surface area contributed by atoms with Crippen LogP contribution in [0.25, 0.3) is 5.65 Å². The van der Waals surface area contributed by atoms with E-state index in [1.807, 2.05) is 0 Å². The van der Waals surface area contributed by atoms with E-state index < -0.39 is 30.1 Å². The number of amides is 1. The number of halogens is 4. The van der Waals surface area contributed by atoms with Gasteiger partial charge in [-0.2, -0.15) is 5.10 Å². The van der Waals surface area contributed by atoms with Gasteiger partial charge in [-0.25, -0.2) is 27.1 Å². The molecule has 0 aliphatic rings. The first-order valence-corrected chi connectivity index (χ1v) is 6.93. The molecule has 0 saturated heterocycles. The minimum absolute atomic E-state index is 0.0832. The molecule has 0 aliphatic heterocycles. The van der Waals surface area contributed by atoms with Crippen LogP contribution in [0.4, 0.5) is 23.2 Å². The number of aromatic hydroxyl groups is 1. The third kappa shape index (κ3) is 3.23. The molecular weight excluding hydrogens is 344 g/mol. The molecule has 25 heavy (non-hydrogen) atoms. The van der Waals surface area contributed by atoms with Crippen LogP contribution < -0.4 is 5.32 Å². The zero-order valence-corrected chi connectivity index (χ0v) is 12.3. The van der Waals surface area contributed by atoms with Gasteiger partial charge in [-0.3, -0.25) is 4.79 Å². The second kappa shape index (κ2) is 6.38. The van der Waals surface area contributed by atoms with E-state index in [9.17, 15) is 27.5 Å². The Balaban J connectivity index is 2.01. The zero-order chi connectivity index (χ0) is 18.1. The summed E-state index contributed by atoms with van der Waals surface area (Å²) in [7, 11) is 0. The number of alkyl halides is 4. The average Bonchev–Trinajstić information content (AvgIpc) is 2.99. The van der Waals surface area contributed by atoms with Crippen LogP contribution in [0.2, 0.25) is 0 Å². The summed E-state index contributed by atoms with van der Waals surface area (Å²) in [6.07, 6.45) is -6.13. The number of carbonyl (C=O) groups is 1. The summed E-state index contributed by atoms with van der Waals surface area (Å²) in [5.74, 6) is -1.02. The average molecular weight is 354 g/mol. The van der Waals surface area contributed by atoms with Gasteiger partial charge in [-0.1, -0.05) is 12.1 Å². The van der Waals surface area contributed by atoms with E-state index in [1.165, 1.54) is 12.1 Å². The number of anilines is 1. The first kappa shape index (κ1) is 16.7. The molecule has 2 aromatic heterocycles. The number of phenolic OH excluding ortho intramolecular Hbond substituents is 1. The molecule has 0 radical (unpaired) electrons. The van der Waals surface area contributed by atoms with Gasteiger partial charge in [0.05, 0.1) is 5.69 Å². The van der Waals surface area contributed by atoms with Crippen molar-refractivity contribution in [2.24, 2.45) is 0 Å². The molecule has 3 aromatic rings. The SMILES string of the molecule is O=C(Nc1ccccc1O)c1cc2nc(C(F)F)cc(C(F)F)n2n1. The number of hydrogen-bond donors (Lipinski definition) is 2. The van der Waals surface area contributed by atoms with Crippen LogP contribution in [0.15, 0.2) is 36.4 Å². The van der Waals surface area contributed by atoms with Crippen LogP contribution in [-0.2, 0) is 0 Å². The highest BCUT2D eigenvalue weighted by Crippen LogP contribution is 2.26. The number of nitrogens with zero attached hydrogens (tertiary/aromatic N) is 3. The lowest BCUT2D eigenvalue weighted by atomic mass is 10.3. The lowest BCUT2D eigenvalue weighted by Crippen LogP contribution is -2.13. The largest absolute Gasteiger partial charge is 0.506 e. The Morgan fingerprint density at radius 2 is 1.84 bits per heavy atom. The maximum absolute atomic E-state index is 13.1. The van der Waals surface area contributed by atoms with Crippen molar-refractivity contribution in [3.8, 4) is 5.75 Å². The van der Waals surface area contributed by atoms with E-state index in [-0.39, 0.29) is 22.8 Å². The monoisotopic (exact) mass is 354 g/mol. The van der Waals surface area contributed by atoms with Gasteiger partial charge >= 0.3 is 0 Å². The van der Waals surface area contributed by atoms with Crippen LogP contribution in [0.5, 0.6) is 5.75 Å². The van der Waals surface area contributed by atoms with E-state index in [1.54, 1.807) is 12.1 Å². The van der Waals surface area contributed by atoms with E-state index >= 15 is 0 Å². The smallest absolute Gasteiger partial charge is 0.280 e. The first-order valence-electron chi connectivity index (χ1n) is 6.93. The summed E-state index contributed by atoms with van der Waals surface area (Å²) in [5, 5.41) is 15.7. The lowest BCUT2D eigenvalue weighted by molar-refractivity contribution is 0.102. The summed E-state index contributed by atoms with van der Waals surface area (Å²) in [6, 6.07) is 7.41. The highest BCUT2D eigenvalue weighted by molar-refractivity contribution is 6.04. The lowest BCUT2D eigenvalue weighted by Gasteiger charge is -2.06. The Labute approximate surface area is 137 Å². The van der Waals surface area contributed by atoms with Gasteiger partial charge in [0.25, 0.3) is 18.8 Å². The number of hydrogen-bond acceptors (Lipinski definition) is 4. The van der Waals surface area contributed by atoms with Crippen molar-refractivity contribution < 1.29 is 27.5 Å². The Bertz CT molecular complexity index is 942. The number of fused-ring (bicyclic) bond motifs is 1. The molecule has 3 rings (SSSR count). The van der Waals surface area contributed by atoms with Gasteiger partial charge in [-0.05, 0) is 18.2 Å². The van der Waals surface area contributed by atoms with Crippen molar-refractivity contribution in [1.29, 1.82) is 0 Å². The molecule has 1 aromatic carbocycles. The van der Waals surface area contributed by atoms with Gasteiger partial charge in [0.2, 0.25) is 0 Å². The molecule has 6 nitrogen and oxygen atoms in total. The molecule has 10 heteroatoms. The number of para-hydroxylation sites is 2. The zero-order valence-electron chi connectivity index (χ0n) is 12.3. The predicted octanol–water partition coefficient (Wildman–Crippen LogP) is 3.56. The fourth-order valence-corrected chi connectivity index (χ4v) is 2.16. The molecule has 1 amide bonds. The quantitative estimate of drug-likeness (QED) is 0.555. The Morgan fingerprint density at radius 3 is 2.48 bits per heavy atom. The van der Waals surface area contributed by atoms with Gasteiger partial charge < -0.3 is 10.4 Å². The Kier molecular flexibility index (Phi) is 4.26. The number of benzene rings is 1. The van der Waals surface area contributed by atoms with E-state index in [0.29, 0.717) is 10.6 Å². The van der Waals surface area contributed by atoms with Crippen molar-refractivity contribution in [2.75, 3.05) is 5.32 Å². The molecule has 2 heterocycles. The van der Waals surface area contributed by atoms with Crippen molar-refractivity contribution in [2.45, 2.75) is 12.9 Å². The van der Waals surface area contributed by atoms with Gasteiger partial charge in [-0.15, -0.1) is 0 Å². The minimum Gasteiger partial charge on any atom is -0.506 e. The van der Waals surface area contributed by atoms with E-state index in [0.717, 1.165) is 6.07 Å². The summed E-state index contributed by atoms with van der Waals surface area (Å²) in [5.41, 5.74) is -2.18. The third-order valence-electron chi connectivity index (χ3n) is 3.31. The van der Waals surface area contributed by atoms with Crippen LogP contribution >= 0.6 is 0 Å². The van der Waals surface area contributed by atoms with Gasteiger partial charge in [0, 0.05) is 6.07 Å². The number of aromatic nitrogens is 3. The molecule has 2 N–H and O–H groups in total. The first-order chi connectivity index (χ1) is 11.9. The highest BCUT2D eigenvalue weighted by atomic mass is 19.3. The molecule has 0 spiro atoms. The van der Waals surface area contributed by atoms with E-state index in [4.69, 9.17) is 0 Å². The fourth-order valence-electron chi connectivity index (χ4n) is 2.16. The highest BCUT2D eigenvalue weighted by Gasteiger charge is 2.22. The number of carbonyl (C=O) groups excluding carboxylic acids is 1. The van der Waals surface area contributed by atoms with E-state index in [2.05, 4.69) is 15.4 Å². The maximum Gasteiger partial charge on any atom is 0.280 e. The number of phenols is 1. The van der Waals surface area contributed by atoms with Gasteiger partial charge in [0.15, 0.2) is 11.3 Å². The molecule has 130 valence electrons. The van der Waals surface area contributed by atoms with Crippen LogP contribution in [0, 0.1) is 0 Å². The second-order valence-corrected chi connectivity index (χ2v) is 4.98. The normalized spacial score (nSPS) is 11.4. The topological polar surface area (TPSA) is 79.5 Å². The Hall–Kier alpha value is -3.17. The number of rotatable bonds is 4. The maximum atomic E-state index is 13.1. The molecule has 0 bridgehead atoms. The molecular formula is C15H10F4N4O2. The standard InChI is InChI=1S/C15H10F4N4O2/c16-13(17)8-5-10(14(18)19)23-12(20-8)6-9(22-23)15(25)21-7-3-1-2-4-11(7)24/h1-6,13-14,24H,(H,21,25). The molecule has 0 aliphatic carbocycles. The molecule has 0 fully saturated rings. The summed E-state index contributed by atoms with van der Waals surface area (Å²) < 4.78 is 52.4. The van der Waals surface area contributed by atoms with Gasteiger partial charge in [0.1, 0.15) is 17.1 Å². The van der Waals surface area contributed by atoms with Crippen molar-refractivity contribution >= 4 is 17.2 Å². The predicted molar refractivity (Wildman–Crippen MR) is 79.0 cm³/mol. The summed E-state index contributed by atoms with van der Waals surface area (Å²) >= 11 is 0. The summed E-state index contributed by atoms with van der Waals surface area (Å²) in [6.45, 7) is 0. The third-order valence-corrected chi connectivity index (χ3v) is 3.31. The summed E-state index contributed by atoms with van der Waals surface area (Å²) in [4.78, 5) is 15.7.